The molecule has 0 aliphatic carbocycles. The zero-order valence-corrected chi connectivity index (χ0v) is 21.2. The highest BCUT2D eigenvalue weighted by atomic mass is 32.2. The summed E-state index contributed by atoms with van der Waals surface area (Å²) >= 11 is 2.98. The number of benzene rings is 2. The number of aromatic nitrogens is 1. The number of amides is 1. The fraction of sp³-hybridized carbons (Fsp3) is 0.346. The molecule has 2 aromatic carbocycles. The highest BCUT2D eigenvalue weighted by Gasteiger charge is 2.11. The number of nitrogens with zero attached hydrogens (tertiary/aromatic N) is 1. The minimum atomic E-state index is -0.247. The SMILES string of the molecule is CCCCCCSc1cc(F)ccc1NCc1ccc(C(=O)Nc2nc(CC(C)=O)cs2)cc1. The van der Waals surface area contributed by atoms with Gasteiger partial charge in [0.15, 0.2) is 5.13 Å². The Morgan fingerprint density at radius 3 is 2.62 bits per heavy atom. The third-order valence-corrected chi connectivity index (χ3v) is 7.05. The topological polar surface area (TPSA) is 71.1 Å². The molecule has 0 saturated carbocycles. The number of ketones is 1. The van der Waals surface area contributed by atoms with Crippen molar-refractivity contribution in [2.24, 2.45) is 0 Å². The van der Waals surface area contributed by atoms with Crippen LogP contribution in [0.4, 0.5) is 15.2 Å². The van der Waals surface area contributed by atoms with Crippen LogP contribution in [0.5, 0.6) is 0 Å². The van der Waals surface area contributed by atoms with Crippen LogP contribution in [-0.4, -0.2) is 22.4 Å². The van der Waals surface area contributed by atoms with Crippen LogP contribution >= 0.6 is 23.1 Å². The summed E-state index contributed by atoms with van der Waals surface area (Å²) in [6.07, 6.45) is 5.01. The first-order valence-corrected chi connectivity index (χ1v) is 13.3. The van der Waals surface area contributed by atoms with Crippen molar-refractivity contribution < 1.29 is 14.0 Å². The number of halogens is 1. The minimum Gasteiger partial charge on any atom is -0.380 e. The second kappa shape index (κ2) is 13.2. The van der Waals surface area contributed by atoms with Crippen molar-refractivity contribution >= 4 is 45.6 Å². The molecule has 0 fully saturated rings. The zero-order valence-electron chi connectivity index (χ0n) is 19.5. The first kappa shape index (κ1) is 25.9. The molecule has 0 aliphatic rings. The molecule has 3 rings (SSSR count). The summed E-state index contributed by atoms with van der Waals surface area (Å²) in [4.78, 5) is 28.9. The standard InChI is InChI=1S/C26H30FN3O2S2/c1-3-4-5-6-13-33-24-15-21(27)11-12-23(24)28-16-19-7-9-20(10-8-19)25(32)30-26-29-22(17-34-26)14-18(2)31/h7-12,15,17,28H,3-6,13-14,16H2,1-2H3,(H,29,30,32). The molecular weight excluding hydrogens is 469 g/mol. The van der Waals surface area contributed by atoms with Gasteiger partial charge in [0, 0.05) is 34.5 Å². The molecule has 180 valence electrons. The van der Waals surface area contributed by atoms with E-state index in [0.717, 1.165) is 28.3 Å². The third-order valence-electron chi connectivity index (χ3n) is 5.10. The molecular formula is C26H30FN3O2S2. The van der Waals surface area contributed by atoms with Crippen LogP contribution in [-0.2, 0) is 17.8 Å². The van der Waals surface area contributed by atoms with Crippen LogP contribution in [0, 0.1) is 5.82 Å². The Bertz CT molecular complexity index is 1100. The van der Waals surface area contributed by atoms with E-state index in [1.54, 1.807) is 41.4 Å². The predicted octanol–water partition coefficient (Wildman–Crippen LogP) is 6.95. The highest BCUT2D eigenvalue weighted by molar-refractivity contribution is 7.99. The Morgan fingerprint density at radius 2 is 1.88 bits per heavy atom. The lowest BCUT2D eigenvalue weighted by Gasteiger charge is -2.12. The van der Waals surface area contributed by atoms with Gasteiger partial charge in [-0.1, -0.05) is 38.3 Å². The Morgan fingerprint density at radius 1 is 1.09 bits per heavy atom. The molecule has 1 aromatic heterocycles. The smallest absolute Gasteiger partial charge is 0.257 e. The number of thioether (sulfide) groups is 1. The van der Waals surface area contributed by atoms with E-state index in [2.05, 4.69) is 22.5 Å². The van der Waals surface area contributed by atoms with Crippen molar-refractivity contribution in [2.75, 3.05) is 16.4 Å². The third kappa shape index (κ3) is 8.25. The maximum absolute atomic E-state index is 13.8. The van der Waals surface area contributed by atoms with E-state index < -0.39 is 0 Å². The Kier molecular flexibility index (Phi) is 10.1. The van der Waals surface area contributed by atoms with Gasteiger partial charge in [0.25, 0.3) is 5.91 Å². The lowest BCUT2D eigenvalue weighted by Crippen LogP contribution is -2.12. The molecule has 3 aromatic rings. The van der Waals surface area contributed by atoms with Crippen molar-refractivity contribution in [1.29, 1.82) is 0 Å². The number of carbonyl (C=O) groups is 2. The van der Waals surface area contributed by atoms with Crippen molar-refractivity contribution in [2.45, 2.75) is 57.4 Å². The molecule has 0 atom stereocenters. The second-order valence-electron chi connectivity index (χ2n) is 8.08. The highest BCUT2D eigenvalue weighted by Crippen LogP contribution is 2.29. The number of Topliss-reactive ketones (excluding diaryl/α,β-unsaturated/α-hetero) is 1. The van der Waals surface area contributed by atoms with Gasteiger partial charge < -0.3 is 5.32 Å². The first-order valence-electron chi connectivity index (χ1n) is 11.4. The van der Waals surface area contributed by atoms with Gasteiger partial charge >= 0.3 is 0 Å². The molecule has 0 radical (unpaired) electrons. The van der Waals surface area contributed by atoms with Gasteiger partial charge in [0.2, 0.25) is 0 Å². The number of rotatable bonds is 13. The fourth-order valence-corrected chi connectivity index (χ4v) is 5.08. The molecule has 0 aliphatic heterocycles. The molecule has 2 N–H and O–H groups in total. The quantitative estimate of drug-likeness (QED) is 0.197. The van der Waals surface area contributed by atoms with Crippen LogP contribution in [0.25, 0.3) is 0 Å². The number of hydrogen-bond acceptors (Lipinski definition) is 6. The summed E-state index contributed by atoms with van der Waals surface area (Å²) in [5.74, 6) is 0.525. The summed E-state index contributed by atoms with van der Waals surface area (Å²) in [7, 11) is 0. The van der Waals surface area contributed by atoms with Crippen LogP contribution in [0.3, 0.4) is 0 Å². The van der Waals surface area contributed by atoms with Gasteiger partial charge in [-0.25, -0.2) is 9.37 Å². The van der Waals surface area contributed by atoms with E-state index in [-0.39, 0.29) is 23.9 Å². The predicted molar refractivity (Wildman–Crippen MR) is 139 cm³/mol. The van der Waals surface area contributed by atoms with Crippen LogP contribution in [0.15, 0.2) is 52.7 Å². The van der Waals surface area contributed by atoms with Gasteiger partial charge in [-0.2, -0.15) is 0 Å². The molecule has 8 heteroatoms. The maximum Gasteiger partial charge on any atom is 0.257 e. The van der Waals surface area contributed by atoms with Crippen LogP contribution in [0.1, 0.15) is 61.1 Å². The average Bonchev–Trinajstić information content (AvgIpc) is 3.24. The van der Waals surface area contributed by atoms with E-state index in [9.17, 15) is 14.0 Å². The fourth-order valence-electron chi connectivity index (χ4n) is 3.31. The molecule has 0 unspecified atom stereocenters. The molecule has 0 saturated heterocycles. The molecule has 1 amide bonds. The number of unbranched alkanes of at least 4 members (excludes halogenated alkanes) is 3. The van der Waals surface area contributed by atoms with Crippen molar-refractivity contribution in [3.8, 4) is 0 Å². The summed E-state index contributed by atoms with van der Waals surface area (Å²) in [5.41, 5.74) is 3.11. The van der Waals surface area contributed by atoms with Gasteiger partial charge in [0.1, 0.15) is 11.6 Å². The van der Waals surface area contributed by atoms with Gasteiger partial charge in [-0.15, -0.1) is 23.1 Å². The second-order valence-corrected chi connectivity index (χ2v) is 10.1. The largest absolute Gasteiger partial charge is 0.380 e. The van der Waals surface area contributed by atoms with Gasteiger partial charge in [-0.3, -0.25) is 14.9 Å². The normalized spacial score (nSPS) is 10.8. The summed E-state index contributed by atoms with van der Waals surface area (Å²) in [5, 5.41) is 8.42. The van der Waals surface area contributed by atoms with E-state index in [1.165, 1.54) is 43.6 Å². The Balaban J connectivity index is 1.54. The van der Waals surface area contributed by atoms with Crippen molar-refractivity contribution in [1.82, 2.24) is 4.98 Å². The maximum atomic E-state index is 13.8. The molecule has 34 heavy (non-hydrogen) atoms. The van der Waals surface area contributed by atoms with E-state index in [4.69, 9.17) is 0 Å². The number of anilines is 2. The number of carbonyl (C=O) groups excluding carboxylic acids is 2. The lowest BCUT2D eigenvalue weighted by atomic mass is 10.1. The zero-order chi connectivity index (χ0) is 24.3. The summed E-state index contributed by atoms with van der Waals surface area (Å²) in [6, 6.07) is 12.2. The van der Waals surface area contributed by atoms with Crippen LogP contribution in [0.2, 0.25) is 0 Å². The minimum absolute atomic E-state index is 0.0331. The molecule has 5 nitrogen and oxygen atoms in total. The first-order chi connectivity index (χ1) is 16.4. The number of nitrogens with one attached hydrogen (secondary N) is 2. The van der Waals surface area contributed by atoms with Gasteiger partial charge in [-0.05, 0) is 55.0 Å². The number of hydrogen-bond donors (Lipinski definition) is 2. The van der Waals surface area contributed by atoms with Crippen molar-refractivity contribution in [3.05, 3.63) is 70.5 Å². The molecule has 1 heterocycles. The average molecular weight is 500 g/mol. The Hall–Kier alpha value is -2.71. The Labute approximate surface area is 208 Å². The lowest BCUT2D eigenvalue weighted by molar-refractivity contribution is -0.116. The summed E-state index contributed by atoms with van der Waals surface area (Å²) in [6.45, 7) is 4.27. The molecule has 0 spiro atoms. The molecule has 0 bridgehead atoms. The summed E-state index contributed by atoms with van der Waals surface area (Å²) < 4.78 is 13.8. The van der Waals surface area contributed by atoms with E-state index in [1.807, 2.05) is 12.1 Å². The van der Waals surface area contributed by atoms with E-state index >= 15 is 0 Å². The monoisotopic (exact) mass is 499 g/mol. The van der Waals surface area contributed by atoms with Gasteiger partial charge in [0.05, 0.1) is 5.69 Å². The van der Waals surface area contributed by atoms with Crippen LogP contribution < -0.4 is 10.6 Å². The van der Waals surface area contributed by atoms with E-state index in [0.29, 0.717) is 22.9 Å². The van der Waals surface area contributed by atoms with Crippen molar-refractivity contribution in [3.63, 3.8) is 0 Å². The number of thiazole rings is 1.